The number of nitrogens with zero attached hydrogens (tertiary/aromatic N) is 1. The number of thiocarbonyl (C=S) groups is 1. The molecule has 0 saturated heterocycles. The number of rotatable bonds is 3. The molecule has 1 aromatic carbocycles. The van der Waals surface area contributed by atoms with Gasteiger partial charge in [0.25, 0.3) is 0 Å². The quantitative estimate of drug-likeness (QED) is 0.434. The van der Waals surface area contributed by atoms with Gasteiger partial charge in [-0.2, -0.15) is 4.99 Å². The highest BCUT2D eigenvalue weighted by Crippen LogP contribution is 2.12. The Morgan fingerprint density at radius 2 is 2.14 bits per heavy atom. The summed E-state index contributed by atoms with van der Waals surface area (Å²) in [4.78, 5) is 15.0. The normalized spacial score (nSPS) is 8.93. The van der Waals surface area contributed by atoms with Crippen molar-refractivity contribution in [2.24, 2.45) is 4.99 Å². The lowest BCUT2D eigenvalue weighted by molar-refractivity contribution is 0.0526. The van der Waals surface area contributed by atoms with Crippen LogP contribution in [0.4, 0.5) is 5.69 Å². The molecule has 0 aliphatic heterocycles. The summed E-state index contributed by atoms with van der Waals surface area (Å²) in [5.41, 5.74) is 1.18. The number of ether oxygens (including phenoxy) is 1. The minimum Gasteiger partial charge on any atom is -0.462 e. The van der Waals surface area contributed by atoms with Gasteiger partial charge in [-0.15, -0.1) is 0 Å². The molecule has 0 spiro atoms. The fourth-order valence-corrected chi connectivity index (χ4v) is 1.04. The van der Waals surface area contributed by atoms with Crippen LogP contribution in [-0.2, 0) is 4.74 Å². The molecular formula is C10H9NO2S. The van der Waals surface area contributed by atoms with Crippen molar-refractivity contribution in [3.8, 4) is 0 Å². The molecule has 0 fully saturated rings. The van der Waals surface area contributed by atoms with Crippen LogP contribution in [0.2, 0.25) is 0 Å². The van der Waals surface area contributed by atoms with Crippen molar-refractivity contribution in [1.29, 1.82) is 0 Å². The first-order valence-electron chi connectivity index (χ1n) is 4.13. The molecule has 3 nitrogen and oxygen atoms in total. The van der Waals surface area contributed by atoms with E-state index in [-0.39, 0.29) is 5.97 Å². The fraction of sp³-hybridized carbons (Fsp3) is 0.200. The molecule has 72 valence electrons. The minimum absolute atomic E-state index is 0.328. The maximum atomic E-state index is 11.2. The summed E-state index contributed by atoms with van der Waals surface area (Å²) in [5, 5.41) is 2.25. The number of carbonyl (C=O) groups is 1. The molecule has 0 radical (unpaired) electrons. The number of esters is 1. The predicted octanol–water partition coefficient (Wildman–Crippen LogP) is 2.60. The Balaban J connectivity index is 2.82. The van der Waals surface area contributed by atoms with Gasteiger partial charge in [-0.05, 0) is 43.4 Å². The number of isothiocyanates is 1. The zero-order chi connectivity index (χ0) is 10.4. The van der Waals surface area contributed by atoms with Crippen molar-refractivity contribution >= 4 is 29.0 Å². The predicted molar refractivity (Wildman–Crippen MR) is 57.1 cm³/mol. The Hall–Kier alpha value is -1.51. The number of aliphatic imine (C=N–C) groups is 1. The highest BCUT2D eigenvalue weighted by atomic mass is 32.1. The summed E-state index contributed by atoms with van der Waals surface area (Å²) < 4.78 is 4.82. The van der Waals surface area contributed by atoms with Crippen LogP contribution in [0.1, 0.15) is 17.3 Å². The first-order valence-corrected chi connectivity index (χ1v) is 4.53. The molecule has 1 aromatic rings. The van der Waals surface area contributed by atoms with E-state index in [0.717, 1.165) is 0 Å². The standard InChI is InChI=1S/C10H9NO2S/c1-2-13-10(12)8-3-5-9(6-4-8)11-7-14/h3-6H,2H2,1H3. The maximum absolute atomic E-state index is 11.2. The average molecular weight is 207 g/mol. The highest BCUT2D eigenvalue weighted by molar-refractivity contribution is 7.78. The highest BCUT2D eigenvalue weighted by Gasteiger charge is 2.04. The smallest absolute Gasteiger partial charge is 0.338 e. The topological polar surface area (TPSA) is 38.7 Å². The van der Waals surface area contributed by atoms with Crippen LogP contribution in [0.25, 0.3) is 0 Å². The SMILES string of the molecule is CCOC(=O)c1ccc(N=C=S)cc1. The van der Waals surface area contributed by atoms with Crippen molar-refractivity contribution < 1.29 is 9.53 Å². The first-order chi connectivity index (χ1) is 6.77. The Morgan fingerprint density at radius 1 is 1.50 bits per heavy atom. The van der Waals surface area contributed by atoms with Crippen molar-refractivity contribution in [2.45, 2.75) is 6.92 Å². The molecule has 0 bridgehead atoms. The number of hydrogen-bond acceptors (Lipinski definition) is 4. The molecule has 0 amide bonds. The first kappa shape index (κ1) is 10.6. The van der Waals surface area contributed by atoms with Gasteiger partial charge in [0.15, 0.2) is 0 Å². The van der Waals surface area contributed by atoms with Crippen LogP contribution in [0.3, 0.4) is 0 Å². The summed E-state index contributed by atoms with van der Waals surface area (Å²) in [6, 6.07) is 6.66. The van der Waals surface area contributed by atoms with E-state index in [9.17, 15) is 4.79 Å². The summed E-state index contributed by atoms with van der Waals surface area (Å²) >= 11 is 4.45. The third kappa shape index (κ3) is 2.76. The second-order valence-electron chi connectivity index (χ2n) is 2.47. The van der Waals surface area contributed by atoms with Gasteiger partial charge < -0.3 is 4.74 Å². The van der Waals surface area contributed by atoms with Crippen molar-refractivity contribution in [3.05, 3.63) is 29.8 Å². The summed E-state index contributed by atoms with van der Waals surface area (Å²) in [6.45, 7) is 2.14. The Bertz CT molecular complexity index is 366. The van der Waals surface area contributed by atoms with Gasteiger partial charge in [0.05, 0.1) is 23.0 Å². The number of benzene rings is 1. The molecule has 0 aromatic heterocycles. The van der Waals surface area contributed by atoms with Gasteiger partial charge in [0.1, 0.15) is 0 Å². The van der Waals surface area contributed by atoms with Crippen LogP contribution < -0.4 is 0 Å². The molecule has 0 N–H and O–H groups in total. The molecule has 0 aliphatic rings. The van der Waals surface area contributed by atoms with E-state index in [1.54, 1.807) is 31.2 Å². The zero-order valence-electron chi connectivity index (χ0n) is 7.69. The van der Waals surface area contributed by atoms with Crippen molar-refractivity contribution in [2.75, 3.05) is 6.61 Å². The monoisotopic (exact) mass is 207 g/mol. The Morgan fingerprint density at radius 3 is 2.64 bits per heavy atom. The second kappa shape index (κ2) is 5.27. The van der Waals surface area contributed by atoms with Gasteiger partial charge in [-0.1, -0.05) is 0 Å². The zero-order valence-corrected chi connectivity index (χ0v) is 8.50. The third-order valence-electron chi connectivity index (χ3n) is 1.55. The number of hydrogen-bond donors (Lipinski definition) is 0. The molecule has 0 heterocycles. The summed E-state index contributed by atoms with van der Waals surface area (Å²) in [6.07, 6.45) is 0. The second-order valence-corrected chi connectivity index (χ2v) is 2.65. The van der Waals surface area contributed by atoms with E-state index in [2.05, 4.69) is 22.4 Å². The fourth-order valence-electron chi connectivity index (χ4n) is 0.939. The lowest BCUT2D eigenvalue weighted by atomic mass is 10.2. The van der Waals surface area contributed by atoms with E-state index in [1.807, 2.05) is 0 Å². The molecular weight excluding hydrogens is 198 g/mol. The van der Waals surface area contributed by atoms with Crippen LogP contribution >= 0.6 is 12.2 Å². The molecule has 0 saturated carbocycles. The lowest BCUT2D eigenvalue weighted by Gasteiger charge is -2.00. The molecule has 0 unspecified atom stereocenters. The van der Waals surface area contributed by atoms with E-state index >= 15 is 0 Å². The van der Waals surface area contributed by atoms with E-state index in [1.165, 1.54) is 0 Å². The maximum Gasteiger partial charge on any atom is 0.338 e. The molecule has 0 atom stereocenters. The Kier molecular flexibility index (Phi) is 3.98. The van der Waals surface area contributed by atoms with Gasteiger partial charge in [0, 0.05) is 0 Å². The van der Waals surface area contributed by atoms with Gasteiger partial charge in [0.2, 0.25) is 0 Å². The van der Waals surface area contributed by atoms with Crippen molar-refractivity contribution in [1.82, 2.24) is 0 Å². The van der Waals surface area contributed by atoms with Gasteiger partial charge >= 0.3 is 5.97 Å². The summed E-state index contributed by atoms with van der Waals surface area (Å²) in [5.74, 6) is -0.328. The summed E-state index contributed by atoms with van der Waals surface area (Å²) in [7, 11) is 0. The molecule has 1 rings (SSSR count). The van der Waals surface area contributed by atoms with Crippen LogP contribution in [0.5, 0.6) is 0 Å². The van der Waals surface area contributed by atoms with Crippen LogP contribution in [0, 0.1) is 0 Å². The molecule has 4 heteroatoms. The molecule has 0 aliphatic carbocycles. The Labute approximate surface area is 87.4 Å². The average Bonchev–Trinajstić information content (AvgIpc) is 2.20. The van der Waals surface area contributed by atoms with Gasteiger partial charge in [-0.25, -0.2) is 4.79 Å². The van der Waals surface area contributed by atoms with Crippen LogP contribution in [0.15, 0.2) is 29.3 Å². The minimum atomic E-state index is -0.328. The van der Waals surface area contributed by atoms with Crippen molar-refractivity contribution in [3.63, 3.8) is 0 Å². The van der Waals surface area contributed by atoms with E-state index in [4.69, 9.17) is 4.74 Å². The van der Waals surface area contributed by atoms with Crippen LogP contribution in [-0.4, -0.2) is 17.7 Å². The largest absolute Gasteiger partial charge is 0.462 e. The van der Waals surface area contributed by atoms with Gasteiger partial charge in [-0.3, -0.25) is 0 Å². The lowest BCUT2D eigenvalue weighted by Crippen LogP contribution is -2.03. The number of carbonyl (C=O) groups excluding carboxylic acids is 1. The van der Waals surface area contributed by atoms with E-state index < -0.39 is 0 Å². The van der Waals surface area contributed by atoms with E-state index in [0.29, 0.717) is 17.9 Å². The third-order valence-corrected chi connectivity index (χ3v) is 1.64. The molecule has 14 heavy (non-hydrogen) atoms.